The average Bonchev–Trinajstić information content (AvgIpc) is 3.54. The van der Waals surface area contributed by atoms with Crippen LogP contribution >= 0.6 is 0 Å². The van der Waals surface area contributed by atoms with Gasteiger partial charge in [-0.3, -0.25) is 0 Å². The van der Waals surface area contributed by atoms with Crippen molar-refractivity contribution in [3.63, 3.8) is 0 Å². The first-order chi connectivity index (χ1) is 20.5. The van der Waals surface area contributed by atoms with E-state index in [9.17, 15) is 0 Å². The topological polar surface area (TPSA) is 73.4 Å². The maximum atomic E-state index is 6.47. The third-order valence-electron chi connectivity index (χ3n) is 9.49. The van der Waals surface area contributed by atoms with Crippen LogP contribution in [-0.4, -0.2) is 71.7 Å². The number of piperidine rings is 1. The normalized spacial score (nSPS) is 19.8. The summed E-state index contributed by atoms with van der Waals surface area (Å²) in [6.07, 6.45) is 10.5. The number of H-pyrrole nitrogens is 1. The quantitative estimate of drug-likeness (QED) is 0.284. The van der Waals surface area contributed by atoms with Gasteiger partial charge in [0.25, 0.3) is 0 Å². The fraction of sp³-hybridized carbons (Fsp3) is 0.500. The van der Waals surface area contributed by atoms with Crippen molar-refractivity contribution in [2.45, 2.75) is 57.9 Å². The molecule has 1 unspecified atom stereocenters. The molecule has 0 radical (unpaired) electrons. The van der Waals surface area contributed by atoms with E-state index in [2.05, 4.69) is 82.1 Å². The summed E-state index contributed by atoms with van der Waals surface area (Å²) >= 11 is 0. The number of aryl methyl sites for hydroxylation is 1. The van der Waals surface area contributed by atoms with Crippen molar-refractivity contribution in [2.24, 2.45) is 5.41 Å². The Hall–Kier alpha value is -3.65. The zero-order valence-electron chi connectivity index (χ0n) is 25.3. The minimum absolute atomic E-state index is 0.227. The van der Waals surface area contributed by atoms with Gasteiger partial charge in [0, 0.05) is 60.3 Å². The number of aromatic nitrogens is 4. The average molecular weight is 566 g/mol. The van der Waals surface area contributed by atoms with Crippen molar-refractivity contribution in [1.82, 2.24) is 24.8 Å². The van der Waals surface area contributed by atoms with Crippen LogP contribution in [0.15, 0.2) is 48.9 Å². The van der Waals surface area contributed by atoms with Gasteiger partial charge in [0.05, 0.1) is 30.9 Å². The molecule has 0 bridgehead atoms. The monoisotopic (exact) mass is 565 g/mol. The van der Waals surface area contributed by atoms with Crippen molar-refractivity contribution in [3.05, 3.63) is 71.4 Å². The lowest BCUT2D eigenvalue weighted by molar-refractivity contribution is 0.182. The molecule has 1 N–H and O–H groups in total. The van der Waals surface area contributed by atoms with Gasteiger partial charge in [0.1, 0.15) is 5.82 Å². The summed E-state index contributed by atoms with van der Waals surface area (Å²) in [5.74, 6) is 1.47. The van der Waals surface area contributed by atoms with Gasteiger partial charge in [-0.25, -0.2) is 4.98 Å². The van der Waals surface area contributed by atoms with Gasteiger partial charge < -0.3 is 24.4 Å². The van der Waals surface area contributed by atoms with E-state index >= 15 is 0 Å². The fourth-order valence-electron chi connectivity index (χ4n) is 7.20. The molecule has 1 saturated heterocycles. The Labute approximate surface area is 249 Å². The van der Waals surface area contributed by atoms with Gasteiger partial charge in [-0.15, -0.1) is 0 Å². The number of benzene rings is 2. The second kappa shape index (κ2) is 11.2. The highest BCUT2D eigenvalue weighted by Gasteiger charge is 2.44. The van der Waals surface area contributed by atoms with Gasteiger partial charge >= 0.3 is 6.01 Å². The lowest BCUT2D eigenvalue weighted by Crippen LogP contribution is -2.38. The van der Waals surface area contributed by atoms with Crippen LogP contribution in [0.2, 0.25) is 0 Å². The number of fused-ring (bicyclic) bond motifs is 2. The minimum atomic E-state index is 0.227. The van der Waals surface area contributed by atoms with Crippen LogP contribution in [0.4, 0.5) is 11.5 Å². The second-order valence-corrected chi connectivity index (χ2v) is 12.9. The molecule has 4 aromatic rings. The molecule has 3 aliphatic rings. The number of nitrogens with one attached hydrogen (secondary N) is 1. The first-order valence-electron chi connectivity index (χ1n) is 15.7. The molecule has 1 atom stereocenters. The number of hydrogen-bond acceptors (Lipinski definition) is 7. The molecule has 42 heavy (non-hydrogen) atoms. The Morgan fingerprint density at radius 1 is 1.07 bits per heavy atom. The predicted octanol–water partition coefficient (Wildman–Crippen LogP) is 5.58. The predicted molar refractivity (Wildman–Crippen MR) is 169 cm³/mol. The van der Waals surface area contributed by atoms with E-state index in [1.807, 2.05) is 6.20 Å². The summed E-state index contributed by atoms with van der Waals surface area (Å²) in [6, 6.07) is 13.9. The van der Waals surface area contributed by atoms with Crippen LogP contribution in [0.3, 0.4) is 0 Å². The Balaban J connectivity index is 1.23. The van der Waals surface area contributed by atoms with E-state index in [4.69, 9.17) is 14.7 Å². The number of anilines is 2. The van der Waals surface area contributed by atoms with E-state index in [0.717, 1.165) is 75.6 Å². The number of rotatable bonds is 9. The second-order valence-electron chi connectivity index (χ2n) is 12.9. The van der Waals surface area contributed by atoms with Crippen molar-refractivity contribution in [1.29, 1.82) is 0 Å². The number of hydrogen-bond donors (Lipinski definition) is 1. The molecule has 2 fully saturated rings. The molecule has 8 nitrogen and oxygen atoms in total. The third-order valence-corrected chi connectivity index (χ3v) is 9.49. The van der Waals surface area contributed by atoms with E-state index in [1.165, 1.54) is 40.4 Å². The summed E-state index contributed by atoms with van der Waals surface area (Å²) in [4.78, 5) is 25.3. The first kappa shape index (κ1) is 27.2. The van der Waals surface area contributed by atoms with Gasteiger partial charge in [0.2, 0.25) is 0 Å². The van der Waals surface area contributed by atoms with E-state index in [1.54, 1.807) is 6.33 Å². The van der Waals surface area contributed by atoms with E-state index in [0.29, 0.717) is 18.5 Å². The molecule has 2 aromatic heterocycles. The lowest BCUT2D eigenvalue weighted by atomic mass is 9.94. The maximum absolute atomic E-state index is 6.47. The molecule has 8 heteroatoms. The van der Waals surface area contributed by atoms with Gasteiger partial charge in [-0.05, 0) is 69.6 Å². The zero-order chi connectivity index (χ0) is 28.7. The molecular formula is C34H43N7O. The van der Waals surface area contributed by atoms with Crippen LogP contribution < -0.4 is 14.5 Å². The summed E-state index contributed by atoms with van der Waals surface area (Å²) in [5.41, 5.74) is 6.46. The highest BCUT2D eigenvalue weighted by atomic mass is 16.5. The lowest BCUT2D eigenvalue weighted by Gasteiger charge is -2.37. The number of aromatic amines is 1. The Kier molecular flexibility index (Phi) is 7.26. The van der Waals surface area contributed by atoms with Crippen molar-refractivity contribution >= 4 is 22.3 Å². The molecule has 2 aliphatic heterocycles. The Morgan fingerprint density at radius 2 is 1.93 bits per heavy atom. The standard InChI is InChI=1S/C34H43N7O/c1-4-24-8-5-9-25-10-6-12-30(31(24)25)40-17-13-27-29(20-40)37-33(42-22-34(14-15-34)21-39(2)3)38-32(27)41-16-7-11-26(19-41)28-18-35-23-36-28/h5-6,8-10,12,18,23,26H,4,7,11,13-17,19-22H2,1-3H3,(H,35,36). The van der Waals surface area contributed by atoms with Crippen molar-refractivity contribution in [2.75, 3.05) is 56.7 Å². The molecule has 1 aliphatic carbocycles. The zero-order valence-corrected chi connectivity index (χ0v) is 25.3. The molecule has 0 amide bonds. The van der Waals surface area contributed by atoms with Gasteiger partial charge in [-0.2, -0.15) is 9.97 Å². The Morgan fingerprint density at radius 3 is 2.69 bits per heavy atom. The highest BCUT2D eigenvalue weighted by molar-refractivity contribution is 5.97. The number of nitrogens with zero attached hydrogens (tertiary/aromatic N) is 6. The Bertz CT molecular complexity index is 1540. The van der Waals surface area contributed by atoms with Crippen LogP contribution in [0.5, 0.6) is 6.01 Å². The third kappa shape index (κ3) is 5.33. The van der Waals surface area contributed by atoms with Crippen LogP contribution in [-0.2, 0) is 19.4 Å². The SMILES string of the molecule is CCc1cccc2cccc(N3CCc4c(nc(OCC5(CN(C)C)CC5)nc4N4CCCC(c5c[nH]cn5)C4)C3)c12. The molecule has 4 heterocycles. The summed E-state index contributed by atoms with van der Waals surface area (Å²) in [7, 11) is 4.29. The molecule has 220 valence electrons. The van der Waals surface area contributed by atoms with E-state index < -0.39 is 0 Å². The van der Waals surface area contributed by atoms with E-state index in [-0.39, 0.29) is 5.41 Å². The maximum Gasteiger partial charge on any atom is 0.318 e. The first-order valence-corrected chi connectivity index (χ1v) is 15.7. The summed E-state index contributed by atoms with van der Waals surface area (Å²) in [6.45, 7) is 7.59. The van der Waals surface area contributed by atoms with Crippen molar-refractivity contribution < 1.29 is 4.74 Å². The highest BCUT2D eigenvalue weighted by Crippen LogP contribution is 2.46. The molecular weight excluding hydrogens is 522 g/mol. The molecule has 0 spiro atoms. The van der Waals surface area contributed by atoms with Crippen LogP contribution in [0.1, 0.15) is 61.0 Å². The van der Waals surface area contributed by atoms with Crippen LogP contribution in [0.25, 0.3) is 10.8 Å². The largest absolute Gasteiger partial charge is 0.463 e. The van der Waals surface area contributed by atoms with Gasteiger partial charge in [0.15, 0.2) is 0 Å². The van der Waals surface area contributed by atoms with Crippen molar-refractivity contribution in [3.8, 4) is 6.01 Å². The smallest absolute Gasteiger partial charge is 0.318 e. The summed E-state index contributed by atoms with van der Waals surface area (Å²) < 4.78 is 6.47. The van der Waals surface area contributed by atoms with Crippen LogP contribution in [0, 0.1) is 5.41 Å². The number of ether oxygens (including phenoxy) is 1. The summed E-state index contributed by atoms with van der Waals surface area (Å²) in [5, 5.41) is 2.67. The molecule has 7 rings (SSSR count). The minimum Gasteiger partial charge on any atom is -0.463 e. The molecule has 1 saturated carbocycles. The number of imidazole rings is 1. The molecule has 2 aromatic carbocycles. The fourth-order valence-corrected chi connectivity index (χ4v) is 7.20. The van der Waals surface area contributed by atoms with Gasteiger partial charge in [-0.1, -0.05) is 37.3 Å².